The summed E-state index contributed by atoms with van der Waals surface area (Å²) < 4.78 is 0. The van der Waals surface area contributed by atoms with Gasteiger partial charge in [0.1, 0.15) is 6.61 Å². The van der Waals surface area contributed by atoms with Crippen molar-refractivity contribution in [3.63, 3.8) is 0 Å². The Kier molecular flexibility index (Phi) is 4.00. The Bertz CT molecular complexity index is 405. The molecule has 8 nitrogen and oxygen atoms in total. The maximum absolute atomic E-state index is 10.6. The van der Waals surface area contributed by atoms with Crippen LogP contribution in [-0.2, 0) is 11.3 Å². The van der Waals surface area contributed by atoms with Gasteiger partial charge in [0.15, 0.2) is 5.13 Å². The van der Waals surface area contributed by atoms with Crippen LogP contribution in [0.25, 0.3) is 0 Å². The Balaban J connectivity index is 2.56. The van der Waals surface area contributed by atoms with Crippen LogP contribution >= 0.6 is 11.3 Å². The van der Waals surface area contributed by atoms with Crippen molar-refractivity contribution < 1.29 is 14.7 Å². The zero-order valence-corrected chi connectivity index (χ0v) is 9.24. The van der Waals surface area contributed by atoms with Crippen molar-refractivity contribution in [2.45, 2.75) is 13.3 Å². The zero-order valence-electron chi connectivity index (χ0n) is 8.43. The third-order valence-corrected chi connectivity index (χ3v) is 2.78. The van der Waals surface area contributed by atoms with Crippen LogP contribution in [0, 0.1) is 17.0 Å². The van der Waals surface area contributed by atoms with E-state index in [0.29, 0.717) is 17.2 Å². The first-order valence-electron chi connectivity index (χ1n) is 4.29. The van der Waals surface area contributed by atoms with Crippen LogP contribution < -0.4 is 11.1 Å². The number of nitrogens with zero attached hydrogens (tertiary/aromatic N) is 2. The average molecular weight is 246 g/mol. The van der Waals surface area contributed by atoms with Gasteiger partial charge in [-0.25, -0.2) is 9.78 Å². The predicted molar refractivity (Wildman–Crippen MR) is 56.7 cm³/mol. The molecule has 1 aromatic heterocycles. The number of rotatable bonds is 5. The number of hydrogen-bond acceptors (Lipinski definition) is 6. The summed E-state index contributed by atoms with van der Waals surface area (Å²) in [7, 11) is 0. The molecule has 0 fully saturated rings. The molecule has 0 aromatic carbocycles. The van der Waals surface area contributed by atoms with Crippen LogP contribution in [0.2, 0.25) is 0 Å². The van der Waals surface area contributed by atoms with Crippen molar-refractivity contribution in [3.05, 3.63) is 20.7 Å². The summed E-state index contributed by atoms with van der Waals surface area (Å²) in [5, 5.41) is 11.8. The molecule has 9 heteroatoms. The highest BCUT2D eigenvalue weighted by Crippen LogP contribution is 2.22. The lowest BCUT2D eigenvalue weighted by atomic mass is 10.3. The topological polar surface area (TPSA) is 120 Å². The van der Waals surface area contributed by atoms with Crippen molar-refractivity contribution in [1.29, 1.82) is 0 Å². The van der Waals surface area contributed by atoms with E-state index >= 15 is 0 Å². The maximum atomic E-state index is 10.6. The van der Waals surface area contributed by atoms with Gasteiger partial charge in [0.25, 0.3) is 5.09 Å². The van der Waals surface area contributed by atoms with Crippen LogP contribution in [0.5, 0.6) is 0 Å². The molecule has 0 aliphatic rings. The third-order valence-electron chi connectivity index (χ3n) is 1.65. The number of carbonyl (C=O) groups excluding carboxylic acids is 1. The van der Waals surface area contributed by atoms with Crippen molar-refractivity contribution in [2.75, 3.05) is 11.9 Å². The van der Waals surface area contributed by atoms with E-state index in [2.05, 4.69) is 15.1 Å². The number of aryl methyl sites for hydroxylation is 1. The van der Waals surface area contributed by atoms with Crippen molar-refractivity contribution >= 4 is 22.5 Å². The molecule has 0 saturated carbocycles. The van der Waals surface area contributed by atoms with E-state index in [1.54, 1.807) is 6.92 Å². The lowest BCUT2D eigenvalue weighted by Crippen LogP contribution is -2.18. The Labute approximate surface area is 94.5 Å². The van der Waals surface area contributed by atoms with Gasteiger partial charge in [-0.15, -0.1) is 21.5 Å². The number of urea groups is 1. The van der Waals surface area contributed by atoms with E-state index in [1.807, 2.05) is 0 Å². The molecule has 2 amide bonds. The van der Waals surface area contributed by atoms with E-state index in [1.165, 1.54) is 11.3 Å². The van der Waals surface area contributed by atoms with Crippen LogP contribution in [0.3, 0.4) is 0 Å². The number of anilines is 1. The molecule has 0 spiro atoms. The molecule has 88 valence electrons. The van der Waals surface area contributed by atoms with Crippen LogP contribution in [-0.4, -0.2) is 22.7 Å². The molecule has 0 aliphatic heterocycles. The lowest BCUT2D eigenvalue weighted by Gasteiger charge is -1.96. The van der Waals surface area contributed by atoms with Crippen molar-refractivity contribution in [1.82, 2.24) is 4.98 Å². The van der Waals surface area contributed by atoms with Gasteiger partial charge in [-0.05, 0) is 6.92 Å². The van der Waals surface area contributed by atoms with Crippen LogP contribution in [0.1, 0.15) is 10.6 Å². The quantitative estimate of drug-likeness (QED) is 0.585. The van der Waals surface area contributed by atoms with E-state index in [-0.39, 0.29) is 6.61 Å². The van der Waals surface area contributed by atoms with Gasteiger partial charge in [-0.3, -0.25) is 5.32 Å². The summed E-state index contributed by atoms with van der Waals surface area (Å²) in [4.78, 5) is 29.5. The first-order chi connectivity index (χ1) is 7.49. The average Bonchev–Trinajstić information content (AvgIpc) is 2.45. The molecule has 1 rings (SSSR count). The summed E-state index contributed by atoms with van der Waals surface area (Å²) in [6.45, 7) is 1.70. The van der Waals surface area contributed by atoms with Gasteiger partial charge >= 0.3 is 6.03 Å². The minimum absolute atomic E-state index is 0.0357. The fourth-order valence-electron chi connectivity index (χ4n) is 1.03. The van der Waals surface area contributed by atoms with Gasteiger partial charge in [0, 0.05) is 11.3 Å². The maximum Gasteiger partial charge on any atom is 0.318 e. The van der Waals surface area contributed by atoms with Crippen molar-refractivity contribution in [2.24, 2.45) is 5.73 Å². The molecule has 0 aliphatic carbocycles. The molecule has 1 heterocycles. The van der Waals surface area contributed by atoms with E-state index in [9.17, 15) is 14.9 Å². The Hall–Kier alpha value is -1.90. The van der Waals surface area contributed by atoms with Gasteiger partial charge < -0.3 is 10.6 Å². The second kappa shape index (κ2) is 5.26. The SMILES string of the molecule is Cc1nc(NC(N)=O)sc1CCO[N+](=O)[O-]. The zero-order chi connectivity index (χ0) is 12.1. The van der Waals surface area contributed by atoms with E-state index in [0.717, 1.165) is 4.88 Å². The normalized spacial score (nSPS) is 9.81. The van der Waals surface area contributed by atoms with Gasteiger partial charge in [-0.2, -0.15) is 0 Å². The summed E-state index contributed by atoms with van der Waals surface area (Å²) in [5.41, 5.74) is 5.62. The minimum Gasteiger partial charge on any atom is -0.351 e. The first-order valence-corrected chi connectivity index (χ1v) is 5.10. The number of nitrogens with two attached hydrogens (primary N) is 1. The van der Waals surface area contributed by atoms with Crippen molar-refractivity contribution in [3.8, 4) is 0 Å². The molecule has 0 saturated heterocycles. The Morgan fingerprint density at radius 3 is 3.00 bits per heavy atom. The van der Waals surface area contributed by atoms with Gasteiger partial charge in [0.2, 0.25) is 0 Å². The number of carbonyl (C=O) groups is 1. The number of nitrogens with one attached hydrogen (secondary N) is 1. The Morgan fingerprint density at radius 1 is 1.75 bits per heavy atom. The number of aromatic nitrogens is 1. The molecule has 1 aromatic rings. The molecule has 0 atom stereocenters. The largest absolute Gasteiger partial charge is 0.351 e. The fraction of sp³-hybridized carbons (Fsp3) is 0.429. The third kappa shape index (κ3) is 3.69. The predicted octanol–water partition coefficient (Wildman–Crippen LogP) is 0.693. The molecular formula is C7H10N4O4S. The van der Waals surface area contributed by atoms with Gasteiger partial charge in [-0.1, -0.05) is 0 Å². The molecule has 3 N–H and O–H groups in total. The summed E-state index contributed by atoms with van der Waals surface area (Å²) >= 11 is 1.21. The van der Waals surface area contributed by atoms with Crippen LogP contribution in [0.4, 0.5) is 9.93 Å². The van der Waals surface area contributed by atoms with E-state index < -0.39 is 11.1 Å². The standard InChI is InChI=1S/C7H10N4O4S/c1-4-5(2-3-15-11(13)14)16-7(9-4)10-6(8)12/h2-3H2,1H3,(H3,8,9,10,12). The highest BCUT2D eigenvalue weighted by atomic mass is 32.1. The lowest BCUT2D eigenvalue weighted by molar-refractivity contribution is -0.757. The molecular weight excluding hydrogens is 236 g/mol. The first kappa shape index (κ1) is 12.2. The highest BCUT2D eigenvalue weighted by molar-refractivity contribution is 7.15. The second-order valence-corrected chi connectivity index (χ2v) is 3.91. The molecule has 0 unspecified atom stereocenters. The summed E-state index contributed by atoms with van der Waals surface area (Å²) in [6.07, 6.45) is 0.366. The number of hydrogen-bond donors (Lipinski definition) is 2. The number of thiazole rings is 1. The number of amides is 2. The molecule has 0 bridgehead atoms. The molecule has 0 radical (unpaired) electrons. The summed E-state index contributed by atoms with van der Waals surface area (Å²) in [5.74, 6) is 0. The Morgan fingerprint density at radius 2 is 2.44 bits per heavy atom. The fourth-order valence-corrected chi connectivity index (χ4v) is 1.98. The summed E-state index contributed by atoms with van der Waals surface area (Å²) in [6, 6.07) is -0.693. The van der Waals surface area contributed by atoms with Gasteiger partial charge in [0.05, 0.1) is 5.69 Å². The monoisotopic (exact) mass is 246 g/mol. The highest BCUT2D eigenvalue weighted by Gasteiger charge is 2.09. The molecule has 16 heavy (non-hydrogen) atoms. The smallest absolute Gasteiger partial charge is 0.318 e. The van der Waals surface area contributed by atoms with Crippen LogP contribution in [0.15, 0.2) is 0 Å². The van der Waals surface area contributed by atoms with E-state index in [4.69, 9.17) is 5.73 Å². The minimum atomic E-state index is -0.848. The number of primary amides is 1. The second-order valence-electron chi connectivity index (χ2n) is 2.82.